The lowest BCUT2D eigenvalue weighted by Crippen LogP contribution is -2.55. The monoisotopic (exact) mass is 300 g/mol. The normalized spacial score (nSPS) is 29.3. The fraction of sp³-hybridized carbons (Fsp3) is 0.882. The average Bonchev–Trinajstić information content (AvgIpc) is 2.88. The first-order valence-corrected chi connectivity index (χ1v) is 8.57. The molecule has 0 amide bonds. The Morgan fingerprint density at radius 2 is 2.05 bits per heavy atom. The van der Waals surface area contributed by atoms with Crippen molar-refractivity contribution in [2.24, 2.45) is 5.41 Å². The van der Waals surface area contributed by atoms with Gasteiger partial charge in [0, 0.05) is 38.3 Å². The van der Waals surface area contributed by atoms with Crippen molar-refractivity contribution in [1.29, 1.82) is 0 Å². The second kappa shape index (κ2) is 7.08. The molecule has 0 aromatic heterocycles. The smallest absolute Gasteiger partial charge is 0.257 e. The Kier molecular flexibility index (Phi) is 5.64. The molecule has 1 spiro atoms. The number of nitrogens with one attached hydrogen (secondary N) is 1. The van der Waals surface area contributed by atoms with Gasteiger partial charge in [-0.3, -0.25) is 0 Å². The summed E-state index contributed by atoms with van der Waals surface area (Å²) in [6, 6.07) is 0. The van der Waals surface area contributed by atoms with Crippen molar-refractivity contribution in [2.75, 3.05) is 26.2 Å². The number of hydrogen-bond donors (Lipinski definition) is 1. The van der Waals surface area contributed by atoms with Crippen molar-refractivity contribution in [3.05, 3.63) is 11.8 Å². The number of halogens is 2. The van der Waals surface area contributed by atoms with Crippen LogP contribution in [0.25, 0.3) is 0 Å². The van der Waals surface area contributed by atoms with Crippen LogP contribution in [0.4, 0.5) is 8.78 Å². The summed E-state index contributed by atoms with van der Waals surface area (Å²) < 4.78 is 28.8. The number of alkyl halides is 2. The lowest BCUT2D eigenvalue weighted by molar-refractivity contribution is -0.134. The molecule has 122 valence electrons. The summed E-state index contributed by atoms with van der Waals surface area (Å²) in [7, 11) is 0. The molecule has 21 heavy (non-hydrogen) atoms. The van der Waals surface area contributed by atoms with Crippen molar-refractivity contribution in [2.45, 2.75) is 64.7 Å². The summed E-state index contributed by atoms with van der Waals surface area (Å²) in [6.07, 6.45) is 8.39. The lowest BCUT2D eigenvalue weighted by Gasteiger charge is -2.41. The number of likely N-dealkylation sites (tertiary alicyclic amines) is 1. The van der Waals surface area contributed by atoms with Gasteiger partial charge in [0.2, 0.25) is 0 Å². The second-order valence-electron chi connectivity index (χ2n) is 6.67. The molecule has 0 unspecified atom stereocenters. The van der Waals surface area contributed by atoms with E-state index in [9.17, 15) is 8.78 Å². The van der Waals surface area contributed by atoms with Gasteiger partial charge in [-0.25, -0.2) is 8.78 Å². The number of nitrogens with zero attached hydrogens (tertiary/aromatic N) is 1. The number of piperidine rings is 1. The second-order valence-corrected chi connectivity index (χ2v) is 6.67. The summed E-state index contributed by atoms with van der Waals surface area (Å²) in [4.78, 5) is 2.24. The van der Waals surface area contributed by atoms with Gasteiger partial charge in [0.1, 0.15) is 0 Å². The molecule has 2 fully saturated rings. The Labute approximate surface area is 128 Å². The first-order valence-electron chi connectivity index (χ1n) is 8.57. The highest BCUT2D eigenvalue weighted by Crippen LogP contribution is 2.48. The molecule has 2 saturated heterocycles. The van der Waals surface area contributed by atoms with Gasteiger partial charge in [-0.15, -0.1) is 0 Å². The molecule has 1 N–H and O–H groups in total. The third-order valence-electron chi connectivity index (χ3n) is 5.07. The van der Waals surface area contributed by atoms with E-state index >= 15 is 0 Å². The van der Waals surface area contributed by atoms with E-state index in [1.54, 1.807) is 0 Å². The molecule has 2 heterocycles. The van der Waals surface area contributed by atoms with Gasteiger partial charge in [-0.2, -0.15) is 0 Å². The van der Waals surface area contributed by atoms with Crippen LogP contribution in [0.15, 0.2) is 11.8 Å². The van der Waals surface area contributed by atoms with Crippen LogP contribution in [0.1, 0.15) is 58.8 Å². The maximum atomic E-state index is 14.4. The van der Waals surface area contributed by atoms with Crippen molar-refractivity contribution < 1.29 is 8.78 Å². The summed E-state index contributed by atoms with van der Waals surface area (Å²) in [6.45, 7) is 6.57. The zero-order valence-electron chi connectivity index (χ0n) is 13.6. The Balaban J connectivity index is 2.07. The number of hydrogen-bond acceptors (Lipinski definition) is 2. The Morgan fingerprint density at radius 1 is 1.24 bits per heavy atom. The summed E-state index contributed by atoms with van der Waals surface area (Å²) >= 11 is 0. The molecule has 0 aromatic rings. The van der Waals surface area contributed by atoms with Crippen molar-refractivity contribution >= 4 is 0 Å². The lowest BCUT2D eigenvalue weighted by atomic mass is 9.76. The topological polar surface area (TPSA) is 15.3 Å². The molecule has 0 aliphatic carbocycles. The average molecular weight is 300 g/mol. The van der Waals surface area contributed by atoms with Gasteiger partial charge < -0.3 is 10.2 Å². The molecular formula is C17H30F2N2. The van der Waals surface area contributed by atoms with Gasteiger partial charge >= 0.3 is 0 Å². The third kappa shape index (κ3) is 3.58. The van der Waals surface area contributed by atoms with Crippen LogP contribution in [0.3, 0.4) is 0 Å². The van der Waals surface area contributed by atoms with E-state index in [0.29, 0.717) is 26.1 Å². The zero-order chi connectivity index (χ0) is 15.3. The van der Waals surface area contributed by atoms with Gasteiger partial charge in [-0.1, -0.05) is 32.8 Å². The molecule has 2 aliphatic rings. The van der Waals surface area contributed by atoms with Gasteiger partial charge in [0.25, 0.3) is 5.92 Å². The molecule has 0 bridgehead atoms. The van der Waals surface area contributed by atoms with Crippen LogP contribution < -0.4 is 5.32 Å². The van der Waals surface area contributed by atoms with Crippen LogP contribution in [-0.4, -0.2) is 37.0 Å². The van der Waals surface area contributed by atoms with Crippen molar-refractivity contribution in [1.82, 2.24) is 10.2 Å². The van der Waals surface area contributed by atoms with Gasteiger partial charge in [0.15, 0.2) is 0 Å². The quantitative estimate of drug-likeness (QED) is 0.791. The van der Waals surface area contributed by atoms with Crippen LogP contribution in [0.2, 0.25) is 0 Å². The highest BCUT2D eigenvalue weighted by molar-refractivity contribution is 5.11. The third-order valence-corrected chi connectivity index (χ3v) is 5.07. The highest BCUT2D eigenvalue weighted by atomic mass is 19.3. The van der Waals surface area contributed by atoms with E-state index in [1.165, 1.54) is 5.70 Å². The Morgan fingerprint density at radius 3 is 2.71 bits per heavy atom. The van der Waals surface area contributed by atoms with E-state index in [2.05, 4.69) is 30.1 Å². The largest absolute Gasteiger partial charge is 0.374 e. The predicted octanol–water partition coefficient (Wildman–Crippen LogP) is 4.18. The molecule has 0 saturated carbocycles. The summed E-state index contributed by atoms with van der Waals surface area (Å²) in [5, 5.41) is 3.19. The highest BCUT2D eigenvalue weighted by Gasteiger charge is 2.57. The number of unbranched alkanes of at least 4 members (excludes halogenated alkanes) is 2. The fourth-order valence-electron chi connectivity index (χ4n) is 3.59. The van der Waals surface area contributed by atoms with E-state index in [4.69, 9.17) is 0 Å². The van der Waals surface area contributed by atoms with Crippen molar-refractivity contribution in [3.63, 3.8) is 0 Å². The molecule has 2 rings (SSSR count). The first kappa shape index (κ1) is 16.7. The number of allylic oxidation sites excluding steroid dienone is 2. The van der Waals surface area contributed by atoms with Crippen LogP contribution >= 0.6 is 0 Å². The minimum absolute atomic E-state index is 0.0101. The molecule has 1 atom stereocenters. The van der Waals surface area contributed by atoms with E-state index in [-0.39, 0.29) is 6.42 Å². The fourth-order valence-corrected chi connectivity index (χ4v) is 3.59. The van der Waals surface area contributed by atoms with Crippen molar-refractivity contribution in [3.8, 4) is 0 Å². The van der Waals surface area contributed by atoms with E-state index in [0.717, 1.165) is 38.6 Å². The molecular weight excluding hydrogens is 270 g/mol. The molecule has 2 nitrogen and oxygen atoms in total. The predicted molar refractivity (Wildman–Crippen MR) is 83.6 cm³/mol. The molecule has 0 aromatic carbocycles. The van der Waals surface area contributed by atoms with E-state index < -0.39 is 11.3 Å². The van der Waals surface area contributed by atoms with Gasteiger partial charge in [-0.05, 0) is 25.7 Å². The van der Waals surface area contributed by atoms with E-state index in [1.807, 2.05) is 0 Å². The van der Waals surface area contributed by atoms with Crippen LogP contribution in [-0.2, 0) is 0 Å². The molecule has 0 radical (unpaired) electrons. The van der Waals surface area contributed by atoms with Crippen LogP contribution in [0, 0.1) is 5.41 Å². The van der Waals surface area contributed by atoms with Crippen LogP contribution in [0.5, 0.6) is 0 Å². The maximum Gasteiger partial charge on any atom is 0.257 e. The molecule has 4 heteroatoms. The minimum Gasteiger partial charge on any atom is -0.374 e. The summed E-state index contributed by atoms with van der Waals surface area (Å²) in [5.41, 5.74) is 0.458. The number of rotatable bonds is 6. The maximum absolute atomic E-state index is 14.4. The first-order chi connectivity index (χ1) is 10.0. The SMILES string of the molecule is CCC/C=C(/CCCC)N1CC[C@]2(CNCCC2(F)F)C1. The minimum atomic E-state index is -2.52. The zero-order valence-corrected chi connectivity index (χ0v) is 13.6. The summed E-state index contributed by atoms with van der Waals surface area (Å²) in [5.74, 6) is -2.52. The van der Waals surface area contributed by atoms with Gasteiger partial charge in [0.05, 0.1) is 5.41 Å². The standard InChI is InChI=1S/C17H30F2N2/c1-3-5-7-15(8-6-4-2)21-12-10-16(14-21)13-20-11-9-17(16,18)19/h7,20H,3-6,8-14H2,1-2H3/b15-7-/t16-/m0/s1. The Hall–Kier alpha value is -0.640. The Bertz CT molecular complexity index is 368. The molecule has 2 aliphatic heterocycles.